The van der Waals surface area contributed by atoms with E-state index in [1.54, 1.807) is 19.2 Å². The number of nitrogens with one attached hydrogen (secondary N) is 1. The summed E-state index contributed by atoms with van der Waals surface area (Å²) in [5.74, 6) is 0.577. The summed E-state index contributed by atoms with van der Waals surface area (Å²) in [4.78, 5) is 0. The molecule has 0 aliphatic carbocycles. The summed E-state index contributed by atoms with van der Waals surface area (Å²) < 4.78 is 18.6. The first-order valence-electron chi connectivity index (χ1n) is 5.51. The Labute approximate surface area is 114 Å². The number of halogens is 2. The normalized spacial score (nSPS) is 10.2. The Balaban J connectivity index is 1.99. The quantitative estimate of drug-likeness (QED) is 0.913. The number of methoxy groups -OCH3 is 1. The van der Waals surface area contributed by atoms with Gasteiger partial charge in [0.05, 0.1) is 11.6 Å². The molecule has 2 rings (SSSR count). The summed E-state index contributed by atoms with van der Waals surface area (Å²) in [6.07, 6.45) is 0. The van der Waals surface area contributed by atoms with Crippen LogP contribution in [0, 0.1) is 5.82 Å². The SMILES string of the molecule is COc1ccc(CNc2ccc(F)c(Br)c2)cc1. The van der Waals surface area contributed by atoms with Crippen molar-refractivity contribution in [3.8, 4) is 5.75 Å². The minimum atomic E-state index is -0.259. The van der Waals surface area contributed by atoms with Gasteiger partial charge in [-0.1, -0.05) is 12.1 Å². The van der Waals surface area contributed by atoms with Crippen molar-refractivity contribution in [2.24, 2.45) is 0 Å². The van der Waals surface area contributed by atoms with Crippen LogP contribution < -0.4 is 10.1 Å². The minimum Gasteiger partial charge on any atom is -0.497 e. The summed E-state index contributed by atoms with van der Waals surface area (Å²) in [5.41, 5.74) is 2.01. The summed E-state index contributed by atoms with van der Waals surface area (Å²) in [7, 11) is 1.64. The topological polar surface area (TPSA) is 21.3 Å². The van der Waals surface area contributed by atoms with E-state index in [4.69, 9.17) is 4.74 Å². The lowest BCUT2D eigenvalue weighted by atomic mass is 10.2. The monoisotopic (exact) mass is 309 g/mol. The lowest BCUT2D eigenvalue weighted by Crippen LogP contribution is -1.99. The lowest BCUT2D eigenvalue weighted by Gasteiger charge is -2.08. The Kier molecular flexibility index (Phi) is 4.20. The average molecular weight is 310 g/mol. The molecule has 0 spiro atoms. The van der Waals surface area contributed by atoms with Crippen LogP contribution in [0.25, 0.3) is 0 Å². The molecule has 0 aromatic heterocycles. The van der Waals surface area contributed by atoms with Crippen molar-refractivity contribution in [2.45, 2.75) is 6.54 Å². The van der Waals surface area contributed by atoms with Gasteiger partial charge in [0.1, 0.15) is 11.6 Å². The smallest absolute Gasteiger partial charge is 0.137 e. The minimum absolute atomic E-state index is 0.259. The molecule has 0 saturated carbocycles. The van der Waals surface area contributed by atoms with Gasteiger partial charge >= 0.3 is 0 Å². The van der Waals surface area contributed by atoms with Gasteiger partial charge in [-0.2, -0.15) is 0 Å². The molecule has 0 radical (unpaired) electrons. The molecule has 1 N–H and O–H groups in total. The van der Waals surface area contributed by atoms with Crippen LogP contribution >= 0.6 is 15.9 Å². The molecule has 0 heterocycles. The molecule has 0 aliphatic heterocycles. The molecule has 0 amide bonds. The van der Waals surface area contributed by atoms with E-state index in [0.717, 1.165) is 17.0 Å². The predicted octanol–water partition coefficient (Wildman–Crippen LogP) is 4.21. The third kappa shape index (κ3) is 3.23. The standard InChI is InChI=1S/C14H13BrFNO/c1-18-12-5-2-10(3-6-12)9-17-11-4-7-14(16)13(15)8-11/h2-8,17H,9H2,1H3. The molecule has 2 nitrogen and oxygen atoms in total. The van der Waals surface area contributed by atoms with Crippen molar-refractivity contribution in [1.82, 2.24) is 0 Å². The molecule has 0 saturated heterocycles. The van der Waals surface area contributed by atoms with Crippen LogP contribution in [-0.2, 0) is 6.54 Å². The van der Waals surface area contributed by atoms with Crippen molar-refractivity contribution >= 4 is 21.6 Å². The zero-order chi connectivity index (χ0) is 13.0. The maximum atomic E-state index is 13.1. The van der Waals surface area contributed by atoms with Gasteiger partial charge < -0.3 is 10.1 Å². The largest absolute Gasteiger partial charge is 0.497 e. The highest BCUT2D eigenvalue weighted by Crippen LogP contribution is 2.20. The average Bonchev–Trinajstić information content (AvgIpc) is 2.41. The Morgan fingerprint density at radius 3 is 2.50 bits per heavy atom. The van der Waals surface area contributed by atoms with Crippen molar-refractivity contribution in [3.05, 3.63) is 58.3 Å². The van der Waals surface area contributed by atoms with Crippen molar-refractivity contribution < 1.29 is 9.13 Å². The van der Waals surface area contributed by atoms with Gasteiger partial charge in [0.25, 0.3) is 0 Å². The number of ether oxygens (including phenoxy) is 1. The van der Waals surface area contributed by atoms with Crippen LogP contribution in [-0.4, -0.2) is 7.11 Å². The fraction of sp³-hybridized carbons (Fsp3) is 0.143. The molecule has 2 aromatic carbocycles. The first kappa shape index (κ1) is 12.9. The number of hydrogen-bond donors (Lipinski definition) is 1. The number of benzene rings is 2. The zero-order valence-electron chi connectivity index (χ0n) is 9.91. The Morgan fingerprint density at radius 2 is 1.89 bits per heavy atom. The molecule has 0 fully saturated rings. The molecule has 0 bridgehead atoms. The third-order valence-corrected chi connectivity index (χ3v) is 3.18. The van der Waals surface area contributed by atoms with E-state index in [1.807, 2.05) is 24.3 Å². The van der Waals surface area contributed by atoms with Crippen molar-refractivity contribution in [3.63, 3.8) is 0 Å². The van der Waals surface area contributed by atoms with Gasteiger partial charge in [-0.25, -0.2) is 4.39 Å². The fourth-order valence-corrected chi connectivity index (χ4v) is 1.93. The van der Waals surface area contributed by atoms with E-state index in [-0.39, 0.29) is 5.82 Å². The third-order valence-electron chi connectivity index (χ3n) is 2.58. The van der Waals surface area contributed by atoms with Crippen LogP contribution in [0.15, 0.2) is 46.9 Å². The number of anilines is 1. The second-order valence-electron chi connectivity index (χ2n) is 3.83. The maximum absolute atomic E-state index is 13.1. The van der Waals surface area contributed by atoms with E-state index in [9.17, 15) is 4.39 Å². The van der Waals surface area contributed by atoms with Crippen molar-refractivity contribution in [1.29, 1.82) is 0 Å². The number of hydrogen-bond acceptors (Lipinski definition) is 2. The summed E-state index contributed by atoms with van der Waals surface area (Å²) in [6, 6.07) is 12.7. The number of rotatable bonds is 4. The molecular formula is C14H13BrFNO. The van der Waals surface area contributed by atoms with E-state index in [2.05, 4.69) is 21.2 Å². The van der Waals surface area contributed by atoms with Gasteiger partial charge in [-0.3, -0.25) is 0 Å². The predicted molar refractivity (Wildman–Crippen MR) is 74.4 cm³/mol. The summed E-state index contributed by atoms with van der Waals surface area (Å²) in [6.45, 7) is 0.683. The molecule has 0 aliphatic rings. The van der Waals surface area contributed by atoms with E-state index < -0.39 is 0 Å². The van der Waals surface area contributed by atoms with Crippen LogP contribution in [0.2, 0.25) is 0 Å². The highest BCUT2D eigenvalue weighted by atomic mass is 79.9. The molecule has 94 valence electrons. The Hall–Kier alpha value is -1.55. The van der Waals surface area contributed by atoms with Crippen LogP contribution in [0.3, 0.4) is 0 Å². The Morgan fingerprint density at radius 1 is 1.17 bits per heavy atom. The van der Waals surface area contributed by atoms with Gasteiger partial charge in [-0.15, -0.1) is 0 Å². The van der Waals surface area contributed by atoms with Crippen LogP contribution in [0.4, 0.5) is 10.1 Å². The molecule has 2 aromatic rings. The lowest BCUT2D eigenvalue weighted by molar-refractivity contribution is 0.414. The van der Waals surface area contributed by atoms with Crippen molar-refractivity contribution in [2.75, 3.05) is 12.4 Å². The zero-order valence-corrected chi connectivity index (χ0v) is 11.5. The molecular weight excluding hydrogens is 297 g/mol. The Bertz CT molecular complexity index is 528. The maximum Gasteiger partial charge on any atom is 0.137 e. The molecule has 0 atom stereocenters. The molecule has 4 heteroatoms. The molecule has 0 unspecified atom stereocenters. The van der Waals surface area contributed by atoms with Gasteiger partial charge in [-0.05, 0) is 51.8 Å². The second kappa shape index (κ2) is 5.87. The highest BCUT2D eigenvalue weighted by Gasteiger charge is 2.00. The second-order valence-corrected chi connectivity index (χ2v) is 4.68. The molecule has 18 heavy (non-hydrogen) atoms. The first-order chi connectivity index (χ1) is 8.69. The van der Waals surface area contributed by atoms with E-state index in [1.165, 1.54) is 6.07 Å². The van der Waals surface area contributed by atoms with Crippen LogP contribution in [0.1, 0.15) is 5.56 Å². The van der Waals surface area contributed by atoms with E-state index >= 15 is 0 Å². The van der Waals surface area contributed by atoms with Gasteiger partial charge in [0, 0.05) is 12.2 Å². The highest BCUT2D eigenvalue weighted by molar-refractivity contribution is 9.10. The summed E-state index contributed by atoms with van der Waals surface area (Å²) >= 11 is 3.16. The fourth-order valence-electron chi connectivity index (χ4n) is 1.55. The first-order valence-corrected chi connectivity index (χ1v) is 6.30. The van der Waals surface area contributed by atoms with E-state index in [0.29, 0.717) is 11.0 Å². The van der Waals surface area contributed by atoms with Gasteiger partial charge in [0.15, 0.2) is 0 Å². The van der Waals surface area contributed by atoms with Gasteiger partial charge in [0.2, 0.25) is 0 Å². The van der Waals surface area contributed by atoms with Crippen LogP contribution in [0.5, 0.6) is 5.75 Å². The summed E-state index contributed by atoms with van der Waals surface area (Å²) in [5, 5.41) is 3.23.